The summed E-state index contributed by atoms with van der Waals surface area (Å²) in [6.07, 6.45) is 4.05. The molecule has 0 radical (unpaired) electrons. The van der Waals surface area contributed by atoms with Gasteiger partial charge in [-0.15, -0.1) is 0 Å². The van der Waals surface area contributed by atoms with Gasteiger partial charge >= 0.3 is 6.09 Å². The highest BCUT2D eigenvalue weighted by Crippen LogP contribution is 2.20. The van der Waals surface area contributed by atoms with Gasteiger partial charge in [0.15, 0.2) is 6.29 Å². The first-order valence-corrected chi connectivity index (χ1v) is 6.00. The number of hydrogen-bond donors (Lipinski definition) is 1. The number of nitrogens with zero attached hydrogens (tertiary/aromatic N) is 1. The second kappa shape index (κ2) is 5.50. The van der Waals surface area contributed by atoms with E-state index in [1.165, 1.54) is 4.90 Å². The van der Waals surface area contributed by atoms with Crippen molar-refractivity contribution in [1.29, 1.82) is 0 Å². The van der Waals surface area contributed by atoms with Crippen molar-refractivity contribution < 1.29 is 19.4 Å². The van der Waals surface area contributed by atoms with E-state index in [0.717, 1.165) is 38.7 Å². The summed E-state index contributed by atoms with van der Waals surface area (Å²) < 4.78 is 11.1. The number of rotatable bonds is 3. The molecule has 2 atom stereocenters. The van der Waals surface area contributed by atoms with Crippen molar-refractivity contribution in [2.75, 3.05) is 19.8 Å². The molecule has 2 heterocycles. The highest BCUT2D eigenvalue weighted by molar-refractivity contribution is 5.65. The molecule has 0 aromatic rings. The minimum Gasteiger partial charge on any atom is -0.465 e. The molecule has 0 aromatic heterocycles. The van der Waals surface area contributed by atoms with Crippen molar-refractivity contribution in [3.63, 3.8) is 0 Å². The Morgan fingerprint density at radius 2 is 2.25 bits per heavy atom. The molecule has 2 fully saturated rings. The lowest BCUT2D eigenvalue weighted by atomic mass is 10.2. The molecule has 1 amide bonds. The molecule has 0 aliphatic carbocycles. The van der Waals surface area contributed by atoms with Gasteiger partial charge in [-0.2, -0.15) is 0 Å². The SMILES string of the molecule is O=C(O)N1CCC[C@H]1COC1CCCCO1. The van der Waals surface area contributed by atoms with Crippen LogP contribution in [0.3, 0.4) is 0 Å². The largest absolute Gasteiger partial charge is 0.465 e. The molecule has 92 valence electrons. The third kappa shape index (κ3) is 2.86. The normalized spacial score (nSPS) is 30.6. The zero-order chi connectivity index (χ0) is 11.4. The van der Waals surface area contributed by atoms with Gasteiger partial charge in [0.05, 0.1) is 12.6 Å². The third-order valence-corrected chi connectivity index (χ3v) is 3.24. The first-order valence-electron chi connectivity index (χ1n) is 6.00. The van der Waals surface area contributed by atoms with Gasteiger partial charge in [0.25, 0.3) is 0 Å². The molecule has 1 N–H and O–H groups in total. The van der Waals surface area contributed by atoms with Gasteiger partial charge < -0.3 is 19.5 Å². The van der Waals surface area contributed by atoms with E-state index in [4.69, 9.17) is 14.6 Å². The van der Waals surface area contributed by atoms with E-state index in [9.17, 15) is 4.79 Å². The molecule has 0 aromatic carbocycles. The summed E-state index contributed by atoms with van der Waals surface area (Å²) in [7, 11) is 0. The molecular formula is C11H19NO4. The fourth-order valence-electron chi connectivity index (χ4n) is 2.32. The van der Waals surface area contributed by atoms with E-state index >= 15 is 0 Å². The van der Waals surface area contributed by atoms with Crippen LogP contribution in [-0.4, -0.2) is 48.2 Å². The van der Waals surface area contributed by atoms with Gasteiger partial charge in [-0.1, -0.05) is 0 Å². The van der Waals surface area contributed by atoms with Crippen LogP contribution in [0, 0.1) is 0 Å². The maximum atomic E-state index is 10.9. The lowest BCUT2D eigenvalue weighted by molar-refractivity contribution is -0.168. The zero-order valence-corrected chi connectivity index (χ0v) is 9.43. The number of amides is 1. The highest BCUT2D eigenvalue weighted by Gasteiger charge is 2.29. The molecule has 0 spiro atoms. The van der Waals surface area contributed by atoms with Gasteiger partial charge in [0.1, 0.15) is 0 Å². The standard InChI is InChI=1S/C11H19NO4/c13-11(14)12-6-3-4-9(12)8-16-10-5-1-2-7-15-10/h9-10H,1-8H2,(H,13,14)/t9-,10?/m0/s1. The summed E-state index contributed by atoms with van der Waals surface area (Å²) in [6.45, 7) is 1.86. The molecule has 16 heavy (non-hydrogen) atoms. The minimum absolute atomic E-state index is 0.0167. The molecule has 0 bridgehead atoms. The second-order valence-corrected chi connectivity index (χ2v) is 4.40. The fraction of sp³-hybridized carbons (Fsp3) is 0.909. The molecule has 0 saturated carbocycles. The van der Waals surface area contributed by atoms with Crippen molar-refractivity contribution in [3.05, 3.63) is 0 Å². The molecule has 1 unspecified atom stereocenters. The summed E-state index contributed by atoms with van der Waals surface area (Å²) in [5, 5.41) is 8.96. The van der Waals surface area contributed by atoms with Crippen molar-refractivity contribution in [2.45, 2.75) is 44.4 Å². The van der Waals surface area contributed by atoms with E-state index in [1.807, 2.05) is 0 Å². The Hall–Kier alpha value is -0.810. The van der Waals surface area contributed by atoms with Crippen molar-refractivity contribution in [3.8, 4) is 0 Å². The van der Waals surface area contributed by atoms with Crippen LogP contribution in [0.1, 0.15) is 32.1 Å². The predicted molar refractivity (Wildman–Crippen MR) is 57.3 cm³/mol. The fourth-order valence-corrected chi connectivity index (χ4v) is 2.32. The molecule has 5 nitrogen and oxygen atoms in total. The van der Waals surface area contributed by atoms with E-state index in [2.05, 4.69) is 0 Å². The Kier molecular flexibility index (Phi) is 4.01. The number of ether oxygens (including phenoxy) is 2. The molecule has 2 aliphatic heterocycles. The molecule has 5 heteroatoms. The first-order chi connectivity index (χ1) is 7.77. The molecule has 2 rings (SSSR count). The lowest BCUT2D eigenvalue weighted by Crippen LogP contribution is -2.38. The summed E-state index contributed by atoms with van der Waals surface area (Å²) >= 11 is 0. The van der Waals surface area contributed by atoms with E-state index in [-0.39, 0.29) is 12.3 Å². The first kappa shape index (κ1) is 11.7. The van der Waals surface area contributed by atoms with Crippen molar-refractivity contribution in [1.82, 2.24) is 4.90 Å². The van der Waals surface area contributed by atoms with E-state index in [1.54, 1.807) is 0 Å². The molecule has 2 saturated heterocycles. The zero-order valence-electron chi connectivity index (χ0n) is 9.43. The number of carbonyl (C=O) groups is 1. The average molecular weight is 229 g/mol. The monoisotopic (exact) mass is 229 g/mol. The maximum absolute atomic E-state index is 10.9. The number of hydrogen-bond acceptors (Lipinski definition) is 3. The Morgan fingerprint density at radius 1 is 1.38 bits per heavy atom. The molecular weight excluding hydrogens is 210 g/mol. The van der Waals surface area contributed by atoms with Gasteiger partial charge in [-0.3, -0.25) is 0 Å². The Bertz CT molecular complexity index is 240. The highest BCUT2D eigenvalue weighted by atomic mass is 16.7. The van der Waals surface area contributed by atoms with Gasteiger partial charge in [-0.05, 0) is 32.1 Å². The Labute approximate surface area is 95.3 Å². The van der Waals surface area contributed by atoms with Gasteiger partial charge in [-0.25, -0.2) is 4.79 Å². The van der Waals surface area contributed by atoms with Crippen LogP contribution in [-0.2, 0) is 9.47 Å². The Balaban J connectivity index is 1.73. The second-order valence-electron chi connectivity index (χ2n) is 4.40. The van der Waals surface area contributed by atoms with E-state index < -0.39 is 6.09 Å². The quantitative estimate of drug-likeness (QED) is 0.799. The lowest BCUT2D eigenvalue weighted by Gasteiger charge is -2.26. The van der Waals surface area contributed by atoms with Crippen LogP contribution in [0.15, 0.2) is 0 Å². The topological polar surface area (TPSA) is 59.0 Å². The van der Waals surface area contributed by atoms with Gasteiger partial charge in [0.2, 0.25) is 0 Å². The van der Waals surface area contributed by atoms with Crippen molar-refractivity contribution in [2.24, 2.45) is 0 Å². The van der Waals surface area contributed by atoms with Crippen LogP contribution in [0.25, 0.3) is 0 Å². The number of likely N-dealkylation sites (tertiary alicyclic amines) is 1. The number of carboxylic acid groups (broad SMARTS) is 1. The smallest absolute Gasteiger partial charge is 0.407 e. The summed E-state index contributed by atoms with van der Waals surface area (Å²) in [6, 6.07) is 0.0167. The average Bonchev–Trinajstić information content (AvgIpc) is 2.76. The summed E-state index contributed by atoms with van der Waals surface area (Å²) in [5.74, 6) is 0. The van der Waals surface area contributed by atoms with Crippen LogP contribution in [0.5, 0.6) is 0 Å². The van der Waals surface area contributed by atoms with Gasteiger partial charge in [0, 0.05) is 13.2 Å². The summed E-state index contributed by atoms with van der Waals surface area (Å²) in [5.41, 5.74) is 0. The molecule has 2 aliphatic rings. The van der Waals surface area contributed by atoms with Crippen LogP contribution in [0.2, 0.25) is 0 Å². The van der Waals surface area contributed by atoms with Crippen LogP contribution < -0.4 is 0 Å². The minimum atomic E-state index is -0.837. The van der Waals surface area contributed by atoms with Crippen LogP contribution >= 0.6 is 0 Å². The Morgan fingerprint density at radius 3 is 2.94 bits per heavy atom. The third-order valence-electron chi connectivity index (χ3n) is 3.24. The van der Waals surface area contributed by atoms with Crippen LogP contribution in [0.4, 0.5) is 4.79 Å². The van der Waals surface area contributed by atoms with Crippen molar-refractivity contribution >= 4 is 6.09 Å². The van der Waals surface area contributed by atoms with E-state index in [0.29, 0.717) is 13.2 Å². The predicted octanol–water partition coefficient (Wildman–Crippen LogP) is 1.67. The maximum Gasteiger partial charge on any atom is 0.407 e. The summed E-state index contributed by atoms with van der Waals surface area (Å²) in [4.78, 5) is 12.4.